The van der Waals surface area contributed by atoms with Crippen LogP contribution in [0.15, 0.2) is 0 Å². The maximum absolute atomic E-state index is 3.47. The molecule has 0 aromatic heterocycles. The fourth-order valence-electron chi connectivity index (χ4n) is 1.53. The Hall–Kier alpha value is 0.790. The average Bonchev–Trinajstić information content (AvgIpc) is 2.25. The van der Waals surface area contributed by atoms with Crippen molar-refractivity contribution >= 4 is 27.7 Å². The number of rotatable bonds is 12. The average molecular weight is 310 g/mol. The van der Waals surface area contributed by atoms with Crippen molar-refractivity contribution in [3.8, 4) is 0 Å². The van der Waals surface area contributed by atoms with Gasteiger partial charge in [-0.25, -0.2) is 0 Å². The summed E-state index contributed by atoms with van der Waals surface area (Å²) in [5.74, 6) is 2.65. The van der Waals surface area contributed by atoms with E-state index in [0.29, 0.717) is 0 Å². The summed E-state index contributed by atoms with van der Waals surface area (Å²) < 4.78 is 0. The number of hydrogen-bond donors (Lipinski definition) is 0. The molecule has 16 heavy (non-hydrogen) atoms. The van der Waals surface area contributed by atoms with Crippen LogP contribution in [0.4, 0.5) is 0 Å². The van der Waals surface area contributed by atoms with E-state index < -0.39 is 0 Å². The Morgan fingerprint density at radius 1 is 0.812 bits per heavy atom. The normalized spacial score (nSPS) is 11.2. The fraction of sp³-hybridized carbons (Fsp3) is 1.00. The summed E-state index contributed by atoms with van der Waals surface area (Å²) in [6.45, 7) is 1.22. The van der Waals surface area contributed by atoms with Gasteiger partial charge in [-0.05, 0) is 32.7 Å². The highest BCUT2D eigenvalue weighted by molar-refractivity contribution is 9.09. The highest BCUT2D eigenvalue weighted by Crippen LogP contribution is 2.10. The Labute approximate surface area is 115 Å². The molecule has 0 saturated carbocycles. The van der Waals surface area contributed by atoms with E-state index in [1.165, 1.54) is 68.3 Å². The van der Waals surface area contributed by atoms with Crippen molar-refractivity contribution in [3.63, 3.8) is 0 Å². The highest BCUT2D eigenvalue weighted by Gasteiger charge is 1.93. The first kappa shape index (κ1) is 16.8. The molecule has 0 spiro atoms. The van der Waals surface area contributed by atoms with E-state index in [0.717, 1.165) is 0 Å². The Morgan fingerprint density at radius 3 is 1.94 bits per heavy atom. The van der Waals surface area contributed by atoms with Crippen LogP contribution in [0.5, 0.6) is 0 Å². The van der Waals surface area contributed by atoms with Gasteiger partial charge in [-0.1, -0.05) is 48.0 Å². The summed E-state index contributed by atoms with van der Waals surface area (Å²) in [6.07, 6.45) is 9.91. The van der Waals surface area contributed by atoms with Crippen molar-refractivity contribution in [2.75, 3.05) is 37.5 Å². The third-order valence-corrected chi connectivity index (χ3v) is 4.21. The predicted molar refractivity (Wildman–Crippen MR) is 82.0 cm³/mol. The molecule has 0 rings (SSSR count). The second kappa shape index (κ2) is 13.9. The first-order valence-electron chi connectivity index (χ1n) is 6.56. The molecule has 0 aliphatic heterocycles. The van der Waals surface area contributed by atoms with Gasteiger partial charge in [0.05, 0.1) is 0 Å². The molecule has 0 unspecified atom stereocenters. The summed E-state index contributed by atoms with van der Waals surface area (Å²) in [5.41, 5.74) is 0. The molecule has 0 aliphatic rings. The van der Waals surface area contributed by atoms with Gasteiger partial charge >= 0.3 is 0 Å². The first-order valence-corrected chi connectivity index (χ1v) is 8.83. The lowest BCUT2D eigenvalue weighted by Gasteiger charge is -2.08. The van der Waals surface area contributed by atoms with Gasteiger partial charge in [0, 0.05) is 17.6 Å². The minimum absolute atomic E-state index is 1.18. The van der Waals surface area contributed by atoms with E-state index in [-0.39, 0.29) is 0 Å². The Kier molecular flexibility index (Phi) is 14.5. The van der Waals surface area contributed by atoms with Crippen LogP contribution in [0.3, 0.4) is 0 Å². The molecule has 0 N–H and O–H groups in total. The van der Waals surface area contributed by atoms with Gasteiger partial charge in [0.15, 0.2) is 0 Å². The molecule has 0 bridgehead atoms. The molecule has 0 saturated heterocycles. The number of thioether (sulfide) groups is 1. The van der Waals surface area contributed by atoms with Crippen molar-refractivity contribution in [2.24, 2.45) is 0 Å². The molecule has 0 radical (unpaired) electrons. The standard InChI is InChI=1S/C13H28BrNS/c1-15(2)11-13-16-12-9-7-5-3-4-6-8-10-14/h3-13H2,1-2H3. The van der Waals surface area contributed by atoms with E-state index in [2.05, 4.69) is 46.7 Å². The second-order valence-electron chi connectivity index (χ2n) is 4.58. The van der Waals surface area contributed by atoms with Crippen LogP contribution in [0, 0.1) is 0 Å². The maximum atomic E-state index is 3.47. The van der Waals surface area contributed by atoms with Crippen molar-refractivity contribution < 1.29 is 0 Å². The Morgan fingerprint density at radius 2 is 1.38 bits per heavy atom. The van der Waals surface area contributed by atoms with Crippen LogP contribution in [0.25, 0.3) is 0 Å². The monoisotopic (exact) mass is 309 g/mol. The van der Waals surface area contributed by atoms with Crippen molar-refractivity contribution in [1.82, 2.24) is 4.90 Å². The van der Waals surface area contributed by atoms with Crippen LogP contribution in [0.2, 0.25) is 0 Å². The summed E-state index contributed by atoms with van der Waals surface area (Å²) in [5, 5.41) is 1.18. The van der Waals surface area contributed by atoms with Crippen LogP contribution < -0.4 is 0 Å². The van der Waals surface area contributed by atoms with E-state index in [9.17, 15) is 0 Å². The van der Waals surface area contributed by atoms with Gasteiger partial charge in [-0.3, -0.25) is 0 Å². The summed E-state index contributed by atoms with van der Waals surface area (Å²) >= 11 is 5.58. The first-order chi connectivity index (χ1) is 7.77. The minimum atomic E-state index is 1.18. The molecule has 1 nitrogen and oxygen atoms in total. The van der Waals surface area contributed by atoms with Crippen LogP contribution in [-0.4, -0.2) is 42.4 Å². The van der Waals surface area contributed by atoms with Crippen LogP contribution >= 0.6 is 27.7 Å². The zero-order chi connectivity index (χ0) is 12.1. The molecule has 98 valence electrons. The van der Waals surface area contributed by atoms with Crippen molar-refractivity contribution in [3.05, 3.63) is 0 Å². The minimum Gasteiger partial charge on any atom is -0.309 e. The van der Waals surface area contributed by atoms with Crippen LogP contribution in [0.1, 0.15) is 44.9 Å². The SMILES string of the molecule is CN(C)CCSCCCCCCCCCBr. The number of alkyl halides is 1. The predicted octanol–water partition coefficient (Wildman–Crippen LogP) is 4.41. The van der Waals surface area contributed by atoms with E-state index >= 15 is 0 Å². The molecule has 0 heterocycles. The van der Waals surface area contributed by atoms with Gasteiger partial charge in [0.2, 0.25) is 0 Å². The molecule has 0 aromatic carbocycles. The lowest BCUT2D eigenvalue weighted by Crippen LogP contribution is -2.14. The van der Waals surface area contributed by atoms with E-state index in [1.54, 1.807) is 0 Å². The molecular formula is C13H28BrNS. The maximum Gasteiger partial charge on any atom is 0.00662 e. The quantitative estimate of drug-likeness (QED) is 0.388. The van der Waals surface area contributed by atoms with Gasteiger partial charge in [-0.2, -0.15) is 11.8 Å². The number of hydrogen-bond acceptors (Lipinski definition) is 2. The molecule has 0 fully saturated rings. The van der Waals surface area contributed by atoms with E-state index in [1.807, 2.05) is 0 Å². The lowest BCUT2D eigenvalue weighted by atomic mass is 10.1. The molecule has 0 amide bonds. The van der Waals surface area contributed by atoms with Gasteiger partial charge < -0.3 is 4.90 Å². The zero-order valence-electron chi connectivity index (χ0n) is 11.0. The van der Waals surface area contributed by atoms with Gasteiger partial charge in [0.1, 0.15) is 0 Å². The van der Waals surface area contributed by atoms with Gasteiger partial charge in [0.25, 0.3) is 0 Å². The number of nitrogens with zero attached hydrogens (tertiary/aromatic N) is 1. The second-order valence-corrected chi connectivity index (χ2v) is 6.60. The molecule has 0 aromatic rings. The third kappa shape index (κ3) is 14.8. The largest absolute Gasteiger partial charge is 0.309 e. The molecular weight excluding hydrogens is 282 g/mol. The third-order valence-electron chi connectivity index (χ3n) is 2.61. The summed E-state index contributed by atoms with van der Waals surface area (Å²) in [6, 6.07) is 0. The van der Waals surface area contributed by atoms with E-state index in [4.69, 9.17) is 0 Å². The zero-order valence-corrected chi connectivity index (χ0v) is 13.4. The van der Waals surface area contributed by atoms with Crippen molar-refractivity contribution in [2.45, 2.75) is 44.9 Å². The molecule has 0 atom stereocenters. The van der Waals surface area contributed by atoms with Gasteiger partial charge in [-0.15, -0.1) is 0 Å². The Bertz CT molecular complexity index is 131. The smallest absolute Gasteiger partial charge is 0.00662 e. The van der Waals surface area contributed by atoms with Crippen molar-refractivity contribution in [1.29, 1.82) is 0 Å². The lowest BCUT2D eigenvalue weighted by molar-refractivity contribution is 0.437. The van der Waals surface area contributed by atoms with Crippen LogP contribution in [-0.2, 0) is 0 Å². The number of unbranched alkanes of at least 4 members (excludes halogenated alkanes) is 6. The molecule has 0 aliphatic carbocycles. The highest BCUT2D eigenvalue weighted by atomic mass is 79.9. The fourth-order valence-corrected chi connectivity index (χ4v) is 3.03. The summed E-state index contributed by atoms with van der Waals surface area (Å²) in [4.78, 5) is 2.26. The number of halogens is 1. The summed E-state index contributed by atoms with van der Waals surface area (Å²) in [7, 11) is 4.29. The topological polar surface area (TPSA) is 3.24 Å². The Balaban J connectivity index is 2.88. The molecule has 3 heteroatoms.